The largest absolute Gasteiger partial charge is 0.326 e. The second kappa shape index (κ2) is 6.65. The maximum absolute atomic E-state index is 11.7. The Morgan fingerprint density at radius 3 is 2.63 bits per heavy atom. The molecular weight excluding hydrogens is 266 g/mol. The zero-order valence-electron chi connectivity index (χ0n) is 11.1. The number of nitrogens with one attached hydrogen (secondary N) is 2. The Balaban J connectivity index is 2.83. The van der Waals surface area contributed by atoms with Crippen molar-refractivity contribution in [3.05, 3.63) is 23.8 Å². The van der Waals surface area contributed by atoms with Crippen LogP contribution >= 0.6 is 0 Å². The van der Waals surface area contributed by atoms with Gasteiger partial charge in [0.2, 0.25) is 15.9 Å². The van der Waals surface area contributed by atoms with Crippen LogP contribution in [-0.4, -0.2) is 27.9 Å². The zero-order chi connectivity index (χ0) is 14.5. The predicted octanol–water partition coefficient (Wildman–Crippen LogP) is 0.581. The molecule has 0 atom stereocenters. The van der Waals surface area contributed by atoms with E-state index in [1.165, 1.54) is 6.07 Å². The van der Waals surface area contributed by atoms with Gasteiger partial charge in [-0.25, -0.2) is 13.6 Å². The lowest BCUT2D eigenvalue weighted by atomic mass is 10.2. The molecule has 0 bridgehead atoms. The molecule has 0 aromatic heterocycles. The van der Waals surface area contributed by atoms with Crippen LogP contribution < -0.4 is 15.8 Å². The summed E-state index contributed by atoms with van der Waals surface area (Å²) in [4.78, 5) is 11.7. The average molecular weight is 285 g/mol. The van der Waals surface area contributed by atoms with Gasteiger partial charge in [0.1, 0.15) is 0 Å². The van der Waals surface area contributed by atoms with E-state index >= 15 is 0 Å². The van der Waals surface area contributed by atoms with Crippen LogP contribution in [0.5, 0.6) is 0 Å². The summed E-state index contributed by atoms with van der Waals surface area (Å²) in [5, 5.41) is 10.8. The minimum atomic E-state index is -3.77. The number of nitrogens with two attached hydrogens (primary N) is 1. The summed E-state index contributed by atoms with van der Waals surface area (Å²) >= 11 is 0. The van der Waals surface area contributed by atoms with Crippen molar-refractivity contribution < 1.29 is 13.2 Å². The van der Waals surface area contributed by atoms with Crippen molar-refractivity contribution in [3.63, 3.8) is 0 Å². The second-order valence-electron chi connectivity index (χ2n) is 4.23. The molecule has 0 saturated carbocycles. The third-order valence-electron chi connectivity index (χ3n) is 2.70. The first-order chi connectivity index (χ1) is 8.86. The Hall–Kier alpha value is -1.44. The van der Waals surface area contributed by atoms with Crippen molar-refractivity contribution >= 4 is 21.6 Å². The first kappa shape index (κ1) is 15.6. The molecule has 0 heterocycles. The number of rotatable bonds is 6. The molecule has 106 valence electrons. The van der Waals surface area contributed by atoms with Gasteiger partial charge in [-0.15, -0.1) is 0 Å². The normalized spacial score (nSPS) is 11.3. The van der Waals surface area contributed by atoms with E-state index in [0.29, 0.717) is 17.7 Å². The minimum Gasteiger partial charge on any atom is -0.326 e. The Morgan fingerprint density at radius 2 is 2.05 bits per heavy atom. The molecule has 1 amide bonds. The molecule has 0 aliphatic carbocycles. The van der Waals surface area contributed by atoms with Crippen molar-refractivity contribution in [2.45, 2.75) is 24.7 Å². The van der Waals surface area contributed by atoms with E-state index in [1.807, 2.05) is 7.05 Å². The molecule has 1 aromatic rings. The van der Waals surface area contributed by atoms with Crippen LogP contribution in [0.3, 0.4) is 0 Å². The standard InChI is InChI=1S/C12H19N3O3S/c1-9-10(15-12(16)7-4-8-14-2)5-3-6-11(9)19(13,17)18/h3,5-6,14H,4,7-8H2,1-2H3,(H,15,16)(H2,13,17,18). The van der Waals surface area contributed by atoms with Gasteiger partial charge < -0.3 is 10.6 Å². The highest BCUT2D eigenvalue weighted by Crippen LogP contribution is 2.22. The van der Waals surface area contributed by atoms with Gasteiger partial charge in [-0.3, -0.25) is 4.79 Å². The van der Waals surface area contributed by atoms with E-state index in [1.54, 1.807) is 19.1 Å². The number of carbonyl (C=O) groups is 1. The third-order valence-corrected chi connectivity index (χ3v) is 3.75. The van der Waals surface area contributed by atoms with E-state index in [-0.39, 0.29) is 10.8 Å². The predicted molar refractivity (Wildman–Crippen MR) is 74.3 cm³/mol. The van der Waals surface area contributed by atoms with Gasteiger partial charge in [-0.1, -0.05) is 6.07 Å². The van der Waals surface area contributed by atoms with Crippen molar-refractivity contribution in [1.82, 2.24) is 5.32 Å². The smallest absolute Gasteiger partial charge is 0.238 e. The number of amides is 1. The molecule has 0 aliphatic rings. The maximum atomic E-state index is 11.7. The molecule has 0 spiro atoms. The van der Waals surface area contributed by atoms with Crippen LogP contribution in [-0.2, 0) is 14.8 Å². The van der Waals surface area contributed by atoms with E-state index < -0.39 is 10.0 Å². The number of hydrogen-bond donors (Lipinski definition) is 3. The Labute approximate surface area is 113 Å². The van der Waals surface area contributed by atoms with Gasteiger partial charge in [0.25, 0.3) is 0 Å². The van der Waals surface area contributed by atoms with Gasteiger partial charge in [-0.05, 0) is 44.6 Å². The highest BCUT2D eigenvalue weighted by atomic mass is 32.2. The Bertz CT molecular complexity index is 555. The van der Waals surface area contributed by atoms with Crippen LogP contribution in [0.2, 0.25) is 0 Å². The summed E-state index contributed by atoms with van der Waals surface area (Å²) in [5.41, 5.74) is 0.924. The average Bonchev–Trinajstić information content (AvgIpc) is 2.30. The highest BCUT2D eigenvalue weighted by Gasteiger charge is 2.14. The molecule has 4 N–H and O–H groups in total. The molecule has 6 nitrogen and oxygen atoms in total. The first-order valence-electron chi connectivity index (χ1n) is 5.93. The number of hydrogen-bond acceptors (Lipinski definition) is 4. The summed E-state index contributed by atoms with van der Waals surface area (Å²) in [7, 11) is -1.96. The monoisotopic (exact) mass is 285 g/mol. The fourth-order valence-corrected chi connectivity index (χ4v) is 2.50. The molecule has 19 heavy (non-hydrogen) atoms. The lowest BCUT2D eigenvalue weighted by Crippen LogP contribution is -2.18. The van der Waals surface area contributed by atoms with Crippen LogP contribution in [0.25, 0.3) is 0 Å². The van der Waals surface area contributed by atoms with Gasteiger partial charge >= 0.3 is 0 Å². The fourth-order valence-electron chi connectivity index (χ4n) is 1.70. The number of carbonyl (C=O) groups excluding carboxylic acids is 1. The second-order valence-corrected chi connectivity index (χ2v) is 5.76. The van der Waals surface area contributed by atoms with Crippen molar-refractivity contribution in [3.8, 4) is 0 Å². The Kier molecular flexibility index (Phi) is 5.46. The quantitative estimate of drug-likeness (QED) is 0.665. The van der Waals surface area contributed by atoms with Gasteiger partial charge in [0.15, 0.2) is 0 Å². The lowest BCUT2D eigenvalue weighted by molar-refractivity contribution is -0.116. The zero-order valence-corrected chi connectivity index (χ0v) is 11.9. The topological polar surface area (TPSA) is 101 Å². The molecule has 0 aliphatic heterocycles. The van der Waals surface area contributed by atoms with E-state index in [0.717, 1.165) is 13.0 Å². The van der Waals surface area contributed by atoms with Crippen LogP contribution in [0.4, 0.5) is 5.69 Å². The molecular formula is C12H19N3O3S. The van der Waals surface area contributed by atoms with Gasteiger partial charge in [0.05, 0.1) is 4.90 Å². The Morgan fingerprint density at radius 1 is 1.37 bits per heavy atom. The van der Waals surface area contributed by atoms with Gasteiger partial charge in [-0.2, -0.15) is 0 Å². The molecule has 1 aromatic carbocycles. The summed E-state index contributed by atoms with van der Waals surface area (Å²) in [6.45, 7) is 2.37. The molecule has 0 radical (unpaired) electrons. The number of sulfonamides is 1. The van der Waals surface area contributed by atoms with Gasteiger partial charge in [0, 0.05) is 12.1 Å². The summed E-state index contributed by atoms with van der Waals surface area (Å²) < 4.78 is 22.7. The third kappa shape index (κ3) is 4.62. The fraction of sp³-hybridized carbons (Fsp3) is 0.417. The van der Waals surface area contributed by atoms with E-state index in [2.05, 4.69) is 10.6 Å². The van der Waals surface area contributed by atoms with E-state index in [4.69, 9.17) is 5.14 Å². The number of anilines is 1. The summed E-state index contributed by atoms with van der Waals surface area (Å²) in [5.74, 6) is -0.148. The molecule has 1 rings (SSSR count). The molecule has 0 unspecified atom stereocenters. The summed E-state index contributed by atoms with van der Waals surface area (Å²) in [6, 6.07) is 4.62. The maximum Gasteiger partial charge on any atom is 0.238 e. The summed E-state index contributed by atoms with van der Waals surface area (Å²) in [6.07, 6.45) is 1.09. The molecule has 0 fully saturated rings. The minimum absolute atomic E-state index is 0.0283. The number of primary sulfonamides is 1. The van der Waals surface area contributed by atoms with Crippen molar-refractivity contribution in [2.75, 3.05) is 18.9 Å². The highest BCUT2D eigenvalue weighted by molar-refractivity contribution is 7.89. The van der Waals surface area contributed by atoms with Crippen molar-refractivity contribution in [2.24, 2.45) is 5.14 Å². The molecule has 0 saturated heterocycles. The number of benzene rings is 1. The SMILES string of the molecule is CNCCCC(=O)Nc1cccc(S(N)(=O)=O)c1C. The van der Waals surface area contributed by atoms with E-state index in [9.17, 15) is 13.2 Å². The van der Waals surface area contributed by atoms with Crippen LogP contribution in [0, 0.1) is 6.92 Å². The van der Waals surface area contributed by atoms with Crippen molar-refractivity contribution in [1.29, 1.82) is 0 Å². The molecule has 7 heteroatoms. The first-order valence-corrected chi connectivity index (χ1v) is 7.47. The van der Waals surface area contributed by atoms with Crippen LogP contribution in [0.15, 0.2) is 23.1 Å². The van der Waals surface area contributed by atoms with Crippen LogP contribution in [0.1, 0.15) is 18.4 Å². The lowest BCUT2D eigenvalue weighted by Gasteiger charge is -2.11.